The number of imidazole rings is 1. The number of nitrogens with one attached hydrogen (secondary N) is 1. The second-order valence-electron chi connectivity index (χ2n) is 4.84. The van der Waals surface area contributed by atoms with Crippen LogP contribution in [-0.4, -0.2) is 28.2 Å². The molecule has 0 saturated carbocycles. The zero-order valence-corrected chi connectivity index (χ0v) is 11.0. The maximum atomic E-state index is 5.76. The molecular formula is C14H18N4O. The van der Waals surface area contributed by atoms with Crippen molar-refractivity contribution in [3.05, 3.63) is 36.5 Å². The van der Waals surface area contributed by atoms with Gasteiger partial charge in [0.2, 0.25) is 5.88 Å². The largest absolute Gasteiger partial charge is 0.477 e. The van der Waals surface area contributed by atoms with E-state index in [1.807, 2.05) is 31.6 Å². The highest BCUT2D eigenvalue weighted by molar-refractivity contribution is 5.40. The summed E-state index contributed by atoms with van der Waals surface area (Å²) in [6, 6.07) is 3.87. The normalized spacial score (nSPS) is 17.8. The molecule has 5 heteroatoms. The van der Waals surface area contributed by atoms with Crippen LogP contribution in [0.2, 0.25) is 0 Å². The minimum absolute atomic E-state index is 0.528. The minimum atomic E-state index is 0.528. The molecule has 0 spiro atoms. The van der Waals surface area contributed by atoms with Crippen molar-refractivity contribution in [1.29, 1.82) is 0 Å². The fourth-order valence-electron chi connectivity index (χ4n) is 2.37. The van der Waals surface area contributed by atoms with Crippen LogP contribution in [0.3, 0.4) is 0 Å². The Morgan fingerprint density at radius 1 is 1.42 bits per heavy atom. The van der Waals surface area contributed by atoms with E-state index in [4.69, 9.17) is 4.74 Å². The quantitative estimate of drug-likeness (QED) is 0.911. The van der Waals surface area contributed by atoms with Crippen molar-refractivity contribution in [2.75, 3.05) is 19.0 Å². The third-order valence-corrected chi connectivity index (χ3v) is 3.54. The maximum absolute atomic E-state index is 5.76. The average Bonchev–Trinajstić information content (AvgIpc) is 2.93. The zero-order valence-electron chi connectivity index (χ0n) is 11.0. The molecule has 0 bridgehead atoms. The highest BCUT2D eigenvalue weighted by Crippen LogP contribution is 2.20. The summed E-state index contributed by atoms with van der Waals surface area (Å²) in [6.07, 6.45) is 7.82. The Bertz CT molecular complexity index is 535. The average molecular weight is 258 g/mol. The van der Waals surface area contributed by atoms with E-state index in [0.29, 0.717) is 18.4 Å². The Morgan fingerprint density at radius 2 is 2.37 bits per heavy atom. The van der Waals surface area contributed by atoms with Crippen LogP contribution in [0.4, 0.5) is 5.69 Å². The smallest absolute Gasteiger partial charge is 0.213 e. The van der Waals surface area contributed by atoms with Gasteiger partial charge in [0, 0.05) is 44.4 Å². The molecule has 3 rings (SSSR count). The Morgan fingerprint density at radius 3 is 3.16 bits per heavy atom. The van der Waals surface area contributed by atoms with E-state index in [9.17, 15) is 0 Å². The number of aromatic nitrogens is 3. The Balaban J connectivity index is 1.55. The summed E-state index contributed by atoms with van der Waals surface area (Å²) in [4.78, 5) is 8.63. The number of pyridine rings is 1. The van der Waals surface area contributed by atoms with Gasteiger partial charge in [0.25, 0.3) is 0 Å². The SMILES string of the molecule is CNc1ccc(OCC2CCn3ccnc3C2)nc1. The fourth-order valence-corrected chi connectivity index (χ4v) is 2.37. The molecule has 1 atom stereocenters. The molecule has 1 aliphatic rings. The van der Waals surface area contributed by atoms with Crippen molar-refractivity contribution < 1.29 is 4.74 Å². The number of nitrogens with zero attached hydrogens (tertiary/aromatic N) is 3. The molecule has 100 valence electrons. The molecule has 0 aliphatic carbocycles. The lowest BCUT2D eigenvalue weighted by Crippen LogP contribution is -2.24. The van der Waals surface area contributed by atoms with Gasteiger partial charge in [-0.25, -0.2) is 9.97 Å². The number of anilines is 1. The summed E-state index contributed by atoms with van der Waals surface area (Å²) >= 11 is 0. The van der Waals surface area contributed by atoms with Crippen LogP contribution >= 0.6 is 0 Å². The van der Waals surface area contributed by atoms with E-state index in [2.05, 4.69) is 19.9 Å². The van der Waals surface area contributed by atoms with Crippen LogP contribution in [0.15, 0.2) is 30.7 Å². The highest BCUT2D eigenvalue weighted by Gasteiger charge is 2.19. The lowest BCUT2D eigenvalue weighted by molar-refractivity contribution is 0.212. The number of aryl methyl sites for hydroxylation is 1. The van der Waals surface area contributed by atoms with Gasteiger partial charge in [0.05, 0.1) is 18.5 Å². The van der Waals surface area contributed by atoms with Crippen LogP contribution in [0.1, 0.15) is 12.2 Å². The minimum Gasteiger partial charge on any atom is -0.477 e. The van der Waals surface area contributed by atoms with Gasteiger partial charge in [-0.05, 0) is 12.5 Å². The molecule has 0 aromatic carbocycles. The summed E-state index contributed by atoms with van der Waals surface area (Å²) in [5.74, 6) is 2.38. The van der Waals surface area contributed by atoms with Gasteiger partial charge in [-0.1, -0.05) is 0 Å². The third-order valence-electron chi connectivity index (χ3n) is 3.54. The zero-order chi connectivity index (χ0) is 13.1. The maximum Gasteiger partial charge on any atom is 0.213 e. The topological polar surface area (TPSA) is 52.0 Å². The Labute approximate surface area is 112 Å². The van der Waals surface area contributed by atoms with Gasteiger partial charge in [-0.2, -0.15) is 0 Å². The van der Waals surface area contributed by atoms with Gasteiger partial charge < -0.3 is 14.6 Å². The molecule has 0 amide bonds. The van der Waals surface area contributed by atoms with Crippen molar-refractivity contribution >= 4 is 5.69 Å². The van der Waals surface area contributed by atoms with E-state index in [1.54, 1.807) is 6.20 Å². The molecule has 2 aromatic heterocycles. The van der Waals surface area contributed by atoms with E-state index < -0.39 is 0 Å². The molecule has 2 aromatic rings. The van der Waals surface area contributed by atoms with E-state index in [-0.39, 0.29) is 0 Å². The summed E-state index contributed by atoms with van der Waals surface area (Å²) in [7, 11) is 1.88. The molecular weight excluding hydrogens is 240 g/mol. The number of hydrogen-bond donors (Lipinski definition) is 1. The van der Waals surface area contributed by atoms with Crippen molar-refractivity contribution in [2.45, 2.75) is 19.4 Å². The van der Waals surface area contributed by atoms with Crippen molar-refractivity contribution in [3.8, 4) is 5.88 Å². The molecule has 1 aliphatic heterocycles. The summed E-state index contributed by atoms with van der Waals surface area (Å²) in [5, 5.41) is 3.04. The molecule has 5 nitrogen and oxygen atoms in total. The first-order valence-corrected chi connectivity index (χ1v) is 6.62. The molecule has 1 N–H and O–H groups in total. The lowest BCUT2D eigenvalue weighted by Gasteiger charge is -2.23. The molecule has 3 heterocycles. The van der Waals surface area contributed by atoms with Crippen LogP contribution in [0.5, 0.6) is 5.88 Å². The molecule has 0 saturated heterocycles. The van der Waals surface area contributed by atoms with E-state index in [0.717, 1.165) is 25.1 Å². The second kappa shape index (κ2) is 5.30. The first-order chi connectivity index (χ1) is 9.35. The second-order valence-corrected chi connectivity index (χ2v) is 4.84. The van der Waals surface area contributed by atoms with Crippen LogP contribution in [0, 0.1) is 5.92 Å². The van der Waals surface area contributed by atoms with Crippen LogP contribution in [-0.2, 0) is 13.0 Å². The van der Waals surface area contributed by atoms with Gasteiger partial charge in [-0.15, -0.1) is 0 Å². The third kappa shape index (κ3) is 2.70. The summed E-state index contributed by atoms with van der Waals surface area (Å²) in [5.41, 5.74) is 0.993. The number of ether oxygens (including phenoxy) is 1. The highest BCUT2D eigenvalue weighted by atomic mass is 16.5. The first kappa shape index (κ1) is 12.0. The van der Waals surface area contributed by atoms with Crippen molar-refractivity contribution in [1.82, 2.24) is 14.5 Å². The van der Waals surface area contributed by atoms with E-state index >= 15 is 0 Å². The molecule has 1 unspecified atom stereocenters. The first-order valence-electron chi connectivity index (χ1n) is 6.62. The summed E-state index contributed by atoms with van der Waals surface area (Å²) < 4.78 is 7.98. The number of fused-ring (bicyclic) bond motifs is 1. The molecule has 0 radical (unpaired) electrons. The molecule has 0 fully saturated rings. The van der Waals surface area contributed by atoms with E-state index in [1.165, 1.54) is 5.82 Å². The predicted octanol–water partition coefficient (Wildman–Crippen LogP) is 1.96. The Hall–Kier alpha value is -2.04. The lowest BCUT2D eigenvalue weighted by atomic mass is 9.99. The Kier molecular flexibility index (Phi) is 3.35. The van der Waals surface area contributed by atoms with Crippen LogP contribution < -0.4 is 10.1 Å². The van der Waals surface area contributed by atoms with Crippen molar-refractivity contribution in [2.24, 2.45) is 5.92 Å². The van der Waals surface area contributed by atoms with Gasteiger partial charge in [-0.3, -0.25) is 0 Å². The van der Waals surface area contributed by atoms with Gasteiger partial charge in [0.1, 0.15) is 5.82 Å². The number of rotatable bonds is 4. The van der Waals surface area contributed by atoms with Crippen molar-refractivity contribution in [3.63, 3.8) is 0 Å². The monoisotopic (exact) mass is 258 g/mol. The van der Waals surface area contributed by atoms with Crippen LogP contribution in [0.25, 0.3) is 0 Å². The number of hydrogen-bond acceptors (Lipinski definition) is 4. The predicted molar refractivity (Wildman–Crippen MR) is 73.3 cm³/mol. The van der Waals surface area contributed by atoms with Gasteiger partial charge in [0.15, 0.2) is 0 Å². The van der Waals surface area contributed by atoms with Gasteiger partial charge >= 0.3 is 0 Å². The standard InChI is InChI=1S/C14H18N4O/c1-15-12-2-3-14(17-9-12)19-10-11-4-6-18-7-5-16-13(18)8-11/h2-3,5,7,9,11,15H,4,6,8,10H2,1H3. The fraction of sp³-hybridized carbons (Fsp3) is 0.429. The molecule has 19 heavy (non-hydrogen) atoms. The summed E-state index contributed by atoms with van der Waals surface area (Å²) in [6.45, 7) is 1.74.